The highest BCUT2D eigenvalue weighted by molar-refractivity contribution is 7.12. The molecule has 0 radical (unpaired) electrons. The van der Waals surface area contributed by atoms with Crippen LogP contribution in [0, 0.1) is 5.92 Å². The summed E-state index contributed by atoms with van der Waals surface area (Å²) in [5.41, 5.74) is 1.99. The molecule has 1 amide bonds. The molecular formula is C31H20Cl2N2O3S. The van der Waals surface area contributed by atoms with Crippen molar-refractivity contribution in [2.24, 2.45) is 5.92 Å². The van der Waals surface area contributed by atoms with E-state index in [4.69, 9.17) is 23.2 Å². The molecule has 0 bridgehead atoms. The number of para-hydroxylation sites is 1. The maximum Gasteiger partial charge on any atom is 0.238 e. The third-order valence-corrected chi connectivity index (χ3v) is 9.51. The van der Waals surface area contributed by atoms with Crippen LogP contribution in [0.25, 0.3) is 6.08 Å². The van der Waals surface area contributed by atoms with E-state index in [1.165, 1.54) is 17.4 Å². The highest BCUT2D eigenvalue weighted by Gasteiger charge is 2.70. The van der Waals surface area contributed by atoms with Crippen LogP contribution in [-0.4, -0.2) is 28.4 Å². The Morgan fingerprint density at radius 1 is 0.923 bits per heavy atom. The Morgan fingerprint density at radius 3 is 2.51 bits per heavy atom. The normalized spacial score (nSPS) is 24.3. The van der Waals surface area contributed by atoms with E-state index in [-0.39, 0.29) is 28.1 Å². The van der Waals surface area contributed by atoms with Gasteiger partial charge in [-0.3, -0.25) is 14.4 Å². The maximum absolute atomic E-state index is 14.7. The SMILES string of the molecule is O=C(c1cccs1)[C@@H]1[C@H](C(=O)c2ccc(Cl)cc2Cl)[C@]2(C(=O)Nc3ccccc32)[C@@H]2c3ccccc3C=CN12. The van der Waals surface area contributed by atoms with Gasteiger partial charge in [-0.05, 0) is 58.5 Å². The second kappa shape index (κ2) is 8.91. The first-order valence-corrected chi connectivity index (χ1v) is 14.1. The van der Waals surface area contributed by atoms with E-state index in [0.717, 1.165) is 11.1 Å². The van der Waals surface area contributed by atoms with E-state index < -0.39 is 23.4 Å². The van der Waals surface area contributed by atoms with Crippen LogP contribution in [-0.2, 0) is 10.2 Å². The minimum atomic E-state index is -1.39. The highest BCUT2D eigenvalue weighted by atomic mass is 35.5. The molecular weight excluding hydrogens is 551 g/mol. The number of rotatable bonds is 4. The predicted octanol–water partition coefficient (Wildman–Crippen LogP) is 7.04. The van der Waals surface area contributed by atoms with E-state index in [1.807, 2.05) is 77.2 Å². The molecule has 8 heteroatoms. The van der Waals surface area contributed by atoms with Crippen molar-refractivity contribution in [3.05, 3.63) is 128 Å². The Kier molecular flexibility index (Phi) is 5.56. The van der Waals surface area contributed by atoms with Gasteiger partial charge in [-0.15, -0.1) is 11.3 Å². The third-order valence-electron chi connectivity index (χ3n) is 8.08. The number of hydrogen-bond donors (Lipinski definition) is 1. The van der Waals surface area contributed by atoms with Gasteiger partial charge < -0.3 is 10.2 Å². The Bertz CT molecular complexity index is 1720. The van der Waals surface area contributed by atoms with Gasteiger partial charge in [0.15, 0.2) is 11.6 Å². The predicted molar refractivity (Wildman–Crippen MR) is 154 cm³/mol. The molecule has 3 aliphatic heterocycles. The molecule has 1 N–H and O–H groups in total. The molecule has 1 spiro atoms. The summed E-state index contributed by atoms with van der Waals surface area (Å²) in [6, 6.07) is 22.0. The summed E-state index contributed by atoms with van der Waals surface area (Å²) in [5, 5.41) is 5.45. The summed E-state index contributed by atoms with van der Waals surface area (Å²) in [5.74, 6) is -1.97. The number of anilines is 1. The van der Waals surface area contributed by atoms with Crippen LogP contribution in [0.15, 0.2) is 90.4 Å². The number of amides is 1. The lowest BCUT2D eigenvalue weighted by molar-refractivity contribution is -0.122. The number of carbonyl (C=O) groups is 3. The smallest absolute Gasteiger partial charge is 0.238 e. The average Bonchev–Trinajstić information content (AvgIpc) is 3.65. The van der Waals surface area contributed by atoms with Crippen molar-refractivity contribution in [3.8, 4) is 0 Å². The van der Waals surface area contributed by atoms with Gasteiger partial charge in [0.1, 0.15) is 11.5 Å². The molecule has 5 nitrogen and oxygen atoms in total. The van der Waals surface area contributed by atoms with E-state index in [0.29, 0.717) is 21.2 Å². The van der Waals surface area contributed by atoms with Crippen molar-refractivity contribution in [1.29, 1.82) is 0 Å². The fourth-order valence-electron chi connectivity index (χ4n) is 6.59. The Labute approximate surface area is 238 Å². The minimum absolute atomic E-state index is 0.178. The van der Waals surface area contributed by atoms with Gasteiger partial charge in [0.2, 0.25) is 5.91 Å². The van der Waals surface area contributed by atoms with Crippen molar-refractivity contribution < 1.29 is 14.4 Å². The Balaban J connectivity index is 1.56. The van der Waals surface area contributed by atoms with E-state index in [2.05, 4.69) is 5.32 Å². The first kappa shape index (κ1) is 24.3. The molecule has 0 aliphatic carbocycles. The molecule has 4 atom stereocenters. The molecule has 1 fully saturated rings. The van der Waals surface area contributed by atoms with Crippen LogP contribution < -0.4 is 5.32 Å². The van der Waals surface area contributed by atoms with Gasteiger partial charge in [0, 0.05) is 22.5 Å². The van der Waals surface area contributed by atoms with Crippen LogP contribution in [0.1, 0.15) is 42.8 Å². The van der Waals surface area contributed by atoms with Crippen molar-refractivity contribution >= 4 is 63.8 Å². The van der Waals surface area contributed by atoms with E-state index in [9.17, 15) is 14.4 Å². The minimum Gasteiger partial charge on any atom is -0.358 e. The van der Waals surface area contributed by atoms with Crippen LogP contribution in [0.2, 0.25) is 10.0 Å². The van der Waals surface area contributed by atoms with Gasteiger partial charge in [0.25, 0.3) is 0 Å². The standard InChI is InChI=1S/C31H20Cl2N2O3S/c32-18-11-12-20(22(33)16-18)27(36)25-26(28(37)24-10-5-15-39-24)35-14-13-17-6-1-2-7-19(17)29(35)31(25)21-8-3-4-9-23(21)34-30(31)38/h1-16,25-26,29H,(H,34,38)/t25-,26+,29+,31+/m1/s1. The van der Waals surface area contributed by atoms with E-state index in [1.54, 1.807) is 18.2 Å². The maximum atomic E-state index is 14.7. The molecule has 0 saturated carbocycles. The van der Waals surface area contributed by atoms with Gasteiger partial charge in [-0.25, -0.2) is 0 Å². The molecule has 0 unspecified atom stereocenters. The number of nitrogens with zero attached hydrogens (tertiary/aromatic N) is 1. The fourth-order valence-corrected chi connectivity index (χ4v) is 7.79. The molecule has 3 aliphatic rings. The molecule has 4 aromatic rings. The number of thiophene rings is 1. The van der Waals surface area contributed by atoms with Gasteiger partial charge in [0.05, 0.1) is 21.9 Å². The number of Topliss-reactive ketones (excluding diaryl/α,β-unsaturated/α-hetero) is 2. The number of fused-ring (bicyclic) bond motifs is 6. The zero-order valence-electron chi connectivity index (χ0n) is 20.3. The zero-order valence-corrected chi connectivity index (χ0v) is 22.6. The van der Waals surface area contributed by atoms with Gasteiger partial charge in [-0.1, -0.05) is 71.7 Å². The molecule has 3 aromatic carbocycles. The third kappa shape index (κ3) is 3.35. The lowest BCUT2D eigenvalue weighted by Gasteiger charge is -2.38. The van der Waals surface area contributed by atoms with Crippen LogP contribution in [0.3, 0.4) is 0 Å². The highest BCUT2D eigenvalue weighted by Crippen LogP contribution is 2.62. The Morgan fingerprint density at radius 2 is 1.72 bits per heavy atom. The average molecular weight is 571 g/mol. The second-order valence-corrected chi connectivity index (χ2v) is 11.7. The lowest BCUT2D eigenvalue weighted by atomic mass is 9.62. The molecule has 4 heterocycles. The van der Waals surface area contributed by atoms with Crippen molar-refractivity contribution in [1.82, 2.24) is 4.90 Å². The first-order valence-electron chi connectivity index (χ1n) is 12.5. The van der Waals surface area contributed by atoms with Crippen LogP contribution in [0.4, 0.5) is 5.69 Å². The molecule has 7 rings (SSSR count). The fraction of sp³-hybridized carbons (Fsp3) is 0.129. The molecule has 1 aromatic heterocycles. The topological polar surface area (TPSA) is 66.5 Å². The van der Waals surface area contributed by atoms with Crippen molar-refractivity contribution in [3.63, 3.8) is 0 Å². The van der Waals surface area contributed by atoms with Gasteiger partial charge in [-0.2, -0.15) is 0 Å². The number of nitrogens with one attached hydrogen (secondary N) is 1. The largest absolute Gasteiger partial charge is 0.358 e. The first-order chi connectivity index (χ1) is 18.9. The zero-order chi connectivity index (χ0) is 26.9. The van der Waals surface area contributed by atoms with Crippen molar-refractivity contribution in [2.75, 3.05) is 5.32 Å². The summed E-state index contributed by atoms with van der Waals surface area (Å²) < 4.78 is 0. The summed E-state index contributed by atoms with van der Waals surface area (Å²) in [6.07, 6.45) is 3.80. The van der Waals surface area contributed by atoms with Gasteiger partial charge >= 0.3 is 0 Å². The number of carbonyl (C=O) groups excluding carboxylic acids is 3. The number of ketones is 2. The van der Waals surface area contributed by atoms with Crippen LogP contribution in [0.5, 0.6) is 0 Å². The summed E-state index contributed by atoms with van der Waals surface area (Å²) in [4.78, 5) is 45.9. The summed E-state index contributed by atoms with van der Waals surface area (Å²) >= 11 is 14.1. The quantitative estimate of drug-likeness (QED) is 0.267. The van der Waals surface area contributed by atoms with E-state index >= 15 is 0 Å². The van der Waals surface area contributed by atoms with Crippen LogP contribution >= 0.6 is 34.5 Å². The number of benzene rings is 3. The summed E-state index contributed by atoms with van der Waals surface area (Å²) in [6.45, 7) is 0. The second-order valence-electron chi connectivity index (χ2n) is 9.92. The molecule has 1 saturated heterocycles. The monoisotopic (exact) mass is 570 g/mol. The molecule has 192 valence electrons. The molecule has 39 heavy (non-hydrogen) atoms. The Hall–Kier alpha value is -3.71. The number of halogens is 2. The van der Waals surface area contributed by atoms with Crippen molar-refractivity contribution in [2.45, 2.75) is 17.5 Å². The lowest BCUT2D eigenvalue weighted by Crippen LogP contribution is -2.49. The number of hydrogen-bond acceptors (Lipinski definition) is 5. The summed E-state index contributed by atoms with van der Waals surface area (Å²) in [7, 11) is 0.